The van der Waals surface area contributed by atoms with Crippen LogP contribution in [0.2, 0.25) is 0 Å². The molecule has 1 fully saturated rings. The molecule has 1 unspecified atom stereocenters. The van der Waals surface area contributed by atoms with Crippen molar-refractivity contribution in [3.8, 4) is 0 Å². The molecule has 9 heavy (non-hydrogen) atoms. The van der Waals surface area contributed by atoms with Gasteiger partial charge in [-0.25, -0.2) is 4.79 Å². The molecule has 0 amide bonds. The summed E-state index contributed by atoms with van der Waals surface area (Å²) < 4.78 is 6.68. The number of ether oxygens (including phenoxy) is 2. The minimum atomic E-state index is -1.74. The minimum absolute atomic E-state index is 0.958. The normalized spacial score (nSPS) is 31.4. The van der Waals surface area contributed by atoms with Crippen molar-refractivity contribution in [3.05, 3.63) is 0 Å². The molecular formula is C3HCl3O3. The number of cyclic esters (lactones) is 2. The molecule has 0 bridgehead atoms. The highest BCUT2D eigenvalue weighted by molar-refractivity contribution is 6.51. The quantitative estimate of drug-likeness (QED) is 0.433. The lowest BCUT2D eigenvalue weighted by Gasteiger charge is -2.08. The first kappa shape index (κ1) is 7.25. The van der Waals surface area contributed by atoms with E-state index >= 15 is 0 Å². The van der Waals surface area contributed by atoms with Gasteiger partial charge in [0.15, 0.2) is 0 Å². The van der Waals surface area contributed by atoms with Crippen molar-refractivity contribution in [2.24, 2.45) is 0 Å². The summed E-state index contributed by atoms with van der Waals surface area (Å²) in [5.41, 5.74) is -1.13. The van der Waals surface area contributed by atoms with Crippen LogP contribution in [0.5, 0.6) is 0 Å². The van der Waals surface area contributed by atoms with E-state index in [-0.39, 0.29) is 0 Å². The van der Waals surface area contributed by atoms with Gasteiger partial charge in [0.25, 0.3) is 0 Å². The van der Waals surface area contributed by atoms with Gasteiger partial charge in [0.2, 0.25) is 5.56 Å². The van der Waals surface area contributed by atoms with Crippen molar-refractivity contribution in [1.82, 2.24) is 0 Å². The molecule has 1 atom stereocenters. The third kappa shape index (κ3) is 1.34. The number of rotatable bonds is 0. The maximum Gasteiger partial charge on any atom is 0.512 e. The zero-order valence-corrected chi connectivity index (χ0v) is 6.20. The Balaban J connectivity index is 2.69. The monoisotopic (exact) mass is 190 g/mol. The van der Waals surface area contributed by atoms with Crippen LogP contribution in [-0.4, -0.2) is 16.2 Å². The van der Waals surface area contributed by atoms with Gasteiger partial charge in [0, 0.05) is 0 Å². The second kappa shape index (κ2) is 2.08. The Kier molecular flexibility index (Phi) is 1.67. The summed E-state index contributed by atoms with van der Waals surface area (Å²) in [6.45, 7) is 0. The molecule has 0 aromatic rings. The average molecular weight is 191 g/mol. The summed E-state index contributed by atoms with van der Waals surface area (Å²) in [4.78, 5) is 10.2. The molecule has 0 radical (unpaired) electrons. The Labute approximate surface area is 65.8 Å². The Morgan fingerprint density at radius 3 is 2.22 bits per heavy atom. The van der Waals surface area contributed by atoms with E-state index in [9.17, 15) is 4.79 Å². The molecule has 1 aliphatic heterocycles. The smallest absolute Gasteiger partial charge is 0.407 e. The number of hydrogen-bond donors (Lipinski definition) is 0. The van der Waals surface area contributed by atoms with Crippen molar-refractivity contribution in [2.75, 3.05) is 0 Å². The molecule has 0 saturated carbocycles. The molecule has 0 aromatic carbocycles. The Hall–Kier alpha value is 0.140. The van der Waals surface area contributed by atoms with Gasteiger partial charge in [-0.3, -0.25) is 0 Å². The first-order chi connectivity index (χ1) is 4.02. The molecule has 52 valence electrons. The lowest BCUT2D eigenvalue weighted by Crippen LogP contribution is -2.21. The molecule has 0 aliphatic carbocycles. The van der Waals surface area contributed by atoms with Crippen LogP contribution in [0.4, 0.5) is 4.79 Å². The van der Waals surface area contributed by atoms with Crippen LogP contribution in [0.3, 0.4) is 0 Å². The fourth-order valence-electron chi connectivity index (χ4n) is 0.335. The van der Waals surface area contributed by atoms with Crippen molar-refractivity contribution in [2.45, 2.75) is 10.1 Å². The molecule has 1 heterocycles. The van der Waals surface area contributed by atoms with Gasteiger partial charge in [-0.05, 0) is 0 Å². The van der Waals surface area contributed by atoms with Crippen LogP contribution in [0.15, 0.2) is 0 Å². The van der Waals surface area contributed by atoms with E-state index in [1.54, 1.807) is 0 Å². The van der Waals surface area contributed by atoms with Gasteiger partial charge in [-0.15, -0.1) is 0 Å². The van der Waals surface area contributed by atoms with Crippen molar-refractivity contribution >= 4 is 41.0 Å². The van der Waals surface area contributed by atoms with Crippen LogP contribution in [-0.2, 0) is 9.47 Å². The average Bonchev–Trinajstić information content (AvgIpc) is 1.79. The summed E-state index contributed by atoms with van der Waals surface area (Å²) in [5, 5.41) is 0. The number of carbonyl (C=O) groups is 1. The SMILES string of the molecule is O=C1OC(Cl)C(Cl)(Cl)O1. The van der Waals surface area contributed by atoms with E-state index in [0.717, 1.165) is 0 Å². The number of halogens is 3. The largest absolute Gasteiger partial charge is 0.512 e. The molecular weight excluding hydrogens is 190 g/mol. The fraction of sp³-hybridized carbons (Fsp3) is 0.667. The Bertz CT molecular complexity index is 145. The van der Waals surface area contributed by atoms with E-state index in [2.05, 4.69) is 9.47 Å². The third-order valence-corrected chi connectivity index (χ3v) is 1.85. The van der Waals surface area contributed by atoms with E-state index in [1.165, 1.54) is 0 Å². The van der Waals surface area contributed by atoms with E-state index < -0.39 is 16.2 Å². The molecule has 1 rings (SSSR count). The standard InChI is InChI=1S/C3HCl3O3/c4-1-3(5,6)9-2(7)8-1/h1H. The second-order valence-electron chi connectivity index (χ2n) is 1.35. The predicted molar refractivity (Wildman–Crippen MR) is 31.6 cm³/mol. The van der Waals surface area contributed by atoms with Crippen molar-refractivity contribution in [1.29, 1.82) is 0 Å². The zero-order chi connectivity index (χ0) is 7.07. The number of alkyl halides is 3. The molecule has 6 heteroatoms. The fourth-order valence-corrected chi connectivity index (χ4v) is 0.667. The lowest BCUT2D eigenvalue weighted by atomic mass is 10.8. The van der Waals surface area contributed by atoms with Gasteiger partial charge >= 0.3 is 10.7 Å². The predicted octanol–water partition coefficient (Wildman–Crippen LogP) is 1.85. The molecule has 0 N–H and O–H groups in total. The highest BCUT2D eigenvalue weighted by Crippen LogP contribution is 2.37. The van der Waals surface area contributed by atoms with Gasteiger partial charge in [0.1, 0.15) is 0 Å². The highest BCUT2D eigenvalue weighted by atomic mass is 35.5. The number of carbonyl (C=O) groups excluding carboxylic acids is 1. The van der Waals surface area contributed by atoms with E-state index in [0.29, 0.717) is 0 Å². The first-order valence-corrected chi connectivity index (χ1v) is 3.13. The lowest BCUT2D eigenvalue weighted by molar-refractivity contribution is 0.123. The molecule has 0 aromatic heterocycles. The van der Waals surface area contributed by atoms with Crippen molar-refractivity contribution in [3.63, 3.8) is 0 Å². The van der Waals surface area contributed by atoms with E-state index in [4.69, 9.17) is 34.8 Å². The van der Waals surface area contributed by atoms with Crippen LogP contribution >= 0.6 is 34.8 Å². The molecule has 0 spiro atoms. The Morgan fingerprint density at radius 1 is 1.56 bits per heavy atom. The summed E-state index contributed by atoms with van der Waals surface area (Å²) >= 11 is 15.8. The maximum absolute atomic E-state index is 10.2. The highest BCUT2D eigenvalue weighted by Gasteiger charge is 2.48. The minimum Gasteiger partial charge on any atom is -0.407 e. The summed E-state index contributed by atoms with van der Waals surface area (Å²) in [5.74, 6) is 0. The van der Waals surface area contributed by atoms with Crippen molar-refractivity contribution < 1.29 is 14.3 Å². The van der Waals surface area contributed by atoms with E-state index in [1.807, 2.05) is 0 Å². The first-order valence-electron chi connectivity index (χ1n) is 1.94. The topological polar surface area (TPSA) is 35.5 Å². The van der Waals surface area contributed by atoms with Gasteiger partial charge in [0.05, 0.1) is 0 Å². The van der Waals surface area contributed by atoms with Crippen LogP contribution in [0.25, 0.3) is 0 Å². The third-order valence-electron chi connectivity index (χ3n) is 0.683. The summed E-state index contributed by atoms with van der Waals surface area (Å²) in [7, 11) is 0. The maximum atomic E-state index is 10.2. The number of hydrogen-bond acceptors (Lipinski definition) is 3. The van der Waals surface area contributed by atoms with Crippen LogP contribution in [0.1, 0.15) is 0 Å². The molecule has 3 nitrogen and oxygen atoms in total. The summed E-state index contributed by atoms with van der Waals surface area (Å²) in [6.07, 6.45) is -0.958. The van der Waals surface area contributed by atoms with Gasteiger partial charge in [-0.1, -0.05) is 34.8 Å². The summed E-state index contributed by atoms with van der Waals surface area (Å²) in [6, 6.07) is 0. The molecule has 1 saturated heterocycles. The van der Waals surface area contributed by atoms with Gasteiger partial charge in [-0.2, -0.15) is 0 Å². The second-order valence-corrected chi connectivity index (χ2v) is 3.06. The zero-order valence-electron chi connectivity index (χ0n) is 3.94. The van der Waals surface area contributed by atoms with Gasteiger partial charge < -0.3 is 9.47 Å². The Morgan fingerprint density at radius 2 is 2.11 bits per heavy atom. The van der Waals surface area contributed by atoms with Crippen LogP contribution < -0.4 is 0 Å². The molecule has 1 aliphatic rings. The van der Waals surface area contributed by atoms with Crippen LogP contribution in [0, 0.1) is 0 Å².